The van der Waals surface area contributed by atoms with Crippen LogP contribution in [-0.4, -0.2) is 19.1 Å². The summed E-state index contributed by atoms with van der Waals surface area (Å²) in [6, 6.07) is 5.27. The third-order valence-corrected chi connectivity index (χ3v) is 3.60. The first-order valence-electron chi connectivity index (χ1n) is 6.92. The van der Waals surface area contributed by atoms with Gasteiger partial charge in [-0.05, 0) is 49.8 Å². The van der Waals surface area contributed by atoms with Gasteiger partial charge in [-0.15, -0.1) is 0 Å². The van der Waals surface area contributed by atoms with Crippen molar-refractivity contribution in [2.75, 3.05) is 24.2 Å². The van der Waals surface area contributed by atoms with Crippen molar-refractivity contribution in [3.05, 3.63) is 23.8 Å². The normalized spacial score (nSPS) is 15.9. The molecule has 4 heteroatoms. The van der Waals surface area contributed by atoms with E-state index in [1.54, 1.807) is 19.1 Å². The highest BCUT2D eigenvalue weighted by Crippen LogP contribution is 2.36. The molecule has 1 aliphatic carbocycles. The number of nitrogens with two attached hydrogens (primary N) is 1. The Morgan fingerprint density at radius 2 is 2.26 bits per heavy atom. The van der Waals surface area contributed by atoms with E-state index in [4.69, 9.17) is 10.5 Å². The maximum Gasteiger partial charge on any atom is 0.338 e. The number of esters is 1. The van der Waals surface area contributed by atoms with Crippen molar-refractivity contribution in [1.82, 2.24) is 0 Å². The number of carbonyl (C=O) groups is 1. The van der Waals surface area contributed by atoms with Gasteiger partial charge in [0.15, 0.2) is 0 Å². The zero-order valence-electron chi connectivity index (χ0n) is 11.6. The van der Waals surface area contributed by atoms with Crippen molar-refractivity contribution >= 4 is 17.3 Å². The molecule has 0 aliphatic heterocycles. The second kappa shape index (κ2) is 5.95. The highest BCUT2D eigenvalue weighted by molar-refractivity contribution is 5.91. The standard InChI is InChI=1S/C15H22N2O2/c1-3-19-15(18)12-6-7-14(13(16)8-12)17-9-10(2)11-4-5-11/h6-8,10-11,17H,3-5,9,16H2,1-2H3. The van der Waals surface area contributed by atoms with Gasteiger partial charge in [-0.2, -0.15) is 0 Å². The van der Waals surface area contributed by atoms with Crippen molar-refractivity contribution in [2.45, 2.75) is 26.7 Å². The summed E-state index contributed by atoms with van der Waals surface area (Å²) in [5.41, 5.74) is 7.94. The Morgan fingerprint density at radius 1 is 1.53 bits per heavy atom. The van der Waals surface area contributed by atoms with Crippen LogP contribution in [0, 0.1) is 11.8 Å². The van der Waals surface area contributed by atoms with Crippen LogP contribution in [0.4, 0.5) is 11.4 Å². The highest BCUT2D eigenvalue weighted by atomic mass is 16.5. The molecule has 3 N–H and O–H groups in total. The number of hydrogen-bond donors (Lipinski definition) is 2. The Kier molecular flexibility index (Phi) is 4.30. The SMILES string of the molecule is CCOC(=O)c1ccc(NCC(C)C2CC2)c(N)c1. The van der Waals surface area contributed by atoms with Crippen LogP contribution in [0.2, 0.25) is 0 Å². The van der Waals surface area contributed by atoms with Gasteiger partial charge < -0.3 is 15.8 Å². The Hall–Kier alpha value is -1.71. The van der Waals surface area contributed by atoms with Crippen LogP contribution in [0.1, 0.15) is 37.0 Å². The number of nitrogen functional groups attached to an aromatic ring is 1. The molecule has 1 aromatic carbocycles. The molecular formula is C15H22N2O2. The van der Waals surface area contributed by atoms with Crippen molar-refractivity contribution in [1.29, 1.82) is 0 Å². The van der Waals surface area contributed by atoms with Gasteiger partial charge in [0.25, 0.3) is 0 Å². The first-order chi connectivity index (χ1) is 9.11. The van der Waals surface area contributed by atoms with Gasteiger partial charge >= 0.3 is 5.97 Å². The molecule has 1 aromatic rings. The smallest absolute Gasteiger partial charge is 0.338 e. The van der Waals surface area contributed by atoms with Gasteiger partial charge in [0.05, 0.1) is 23.5 Å². The van der Waals surface area contributed by atoms with Gasteiger partial charge in [0, 0.05) is 6.54 Å². The topological polar surface area (TPSA) is 64.3 Å². The van der Waals surface area contributed by atoms with E-state index in [1.165, 1.54) is 12.8 Å². The number of ether oxygens (including phenoxy) is 1. The molecule has 1 fully saturated rings. The van der Waals surface area contributed by atoms with Crippen molar-refractivity contribution in [2.24, 2.45) is 11.8 Å². The number of benzene rings is 1. The predicted octanol–water partition coefficient (Wildman–Crippen LogP) is 2.90. The van der Waals surface area contributed by atoms with E-state index in [0.717, 1.165) is 18.2 Å². The third kappa shape index (κ3) is 3.63. The largest absolute Gasteiger partial charge is 0.462 e. The minimum atomic E-state index is -0.327. The Balaban J connectivity index is 1.96. The predicted molar refractivity (Wildman–Crippen MR) is 77.2 cm³/mol. The average molecular weight is 262 g/mol. The molecule has 1 saturated carbocycles. The fraction of sp³-hybridized carbons (Fsp3) is 0.533. The first-order valence-corrected chi connectivity index (χ1v) is 6.92. The van der Waals surface area contributed by atoms with Crippen LogP contribution in [-0.2, 0) is 4.74 Å². The average Bonchev–Trinajstić information content (AvgIpc) is 3.21. The lowest BCUT2D eigenvalue weighted by Gasteiger charge is -2.14. The monoisotopic (exact) mass is 262 g/mol. The van der Waals surface area contributed by atoms with E-state index in [-0.39, 0.29) is 5.97 Å². The second-order valence-corrected chi connectivity index (χ2v) is 5.22. The molecule has 19 heavy (non-hydrogen) atoms. The van der Waals surface area contributed by atoms with Gasteiger partial charge in [0.1, 0.15) is 0 Å². The quantitative estimate of drug-likeness (QED) is 0.611. The molecule has 104 valence electrons. The molecule has 0 heterocycles. The van der Waals surface area contributed by atoms with E-state index < -0.39 is 0 Å². The Morgan fingerprint density at radius 3 is 2.84 bits per heavy atom. The van der Waals surface area contributed by atoms with Crippen molar-refractivity contribution in [3.8, 4) is 0 Å². The summed E-state index contributed by atoms with van der Waals surface area (Å²) < 4.78 is 4.95. The molecular weight excluding hydrogens is 240 g/mol. The van der Waals surface area contributed by atoms with Crippen LogP contribution in [0.3, 0.4) is 0 Å². The summed E-state index contributed by atoms with van der Waals surface area (Å²) in [6.45, 7) is 5.34. The molecule has 1 aliphatic rings. The summed E-state index contributed by atoms with van der Waals surface area (Å²) in [6.07, 6.45) is 2.69. The summed E-state index contributed by atoms with van der Waals surface area (Å²) in [4.78, 5) is 11.6. The highest BCUT2D eigenvalue weighted by Gasteiger charge is 2.27. The summed E-state index contributed by atoms with van der Waals surface area (Å²) >= 11 is 0. The van der Waals surface area contributed by atoms with Gasteiger partial charge in [-0.25, -0.2) is 4.79 Å². The van der Waals surface area contributed by atoms with Crippen LogP contribution in [0.15, 0.2) is 18.2 Å². The fourth-order valence-corrected chi connectivity index (χ4v) is 2.17. The lowest BCUT2D eigenvalue weighted by atomic mass is 10.1. The number of hydrogen-bond acceptors (Lipinski definition) is 4. The van der Waals surface area contributed by atoms with Gasteiger partial charge in [-0.3, -0.25) is 0 Å². The molecule has 0 aromatic heterocycles. The maximum atomic E-state index is 11.6. The van der Waals surface area contributed by atoms with Crippen molar-refractivity contribution in [3.63, 3.8) is 0 Å². The molecule has 0 amide bonds. The minimum absolute atomic E-state index is 0.327. The van der Waals surface area contributed by atoms with Crippen LogP contribution >= 0.6 is 0 Å². The van der Waals surface area contributed by atoms with Crippen LogP contribution < -0.4 is 11.1 Å². The summed E-state index contributed by atoms with van der Waals surface area (Å²) in [5, 5.41) is 3.36. The Labute approximate surface area is 114 Å². The molecule has 0 spiro atoms. The molecule has 4 nitrogen and oxygen atoms in total. The van der Waals surface area contributed by atoms with E-state index in [0.29, 0.717) is 23.8 Å². The minimum Gasteiger partial charge on any atom is -0.462 e. The first kappa shape index (κ1) is 13.7. The molecule has 1 unspecified atom stereocenters. The summed E-state index contributed by atoms with van der Waals surface area (Å²) in [7, 11) is 0. The molecule has 0 saturated heterocycles. The lowest BCUT2D eigenvalue weighted by Crippen LogP contribution is -2.14. The Bertz CT molecular complexity index is 455. The van der Waals surface area contributed by atoms with Crippen molar-refractivity contribution < 1.29 is 9.53 Å². The number of anilines is 2. The third-order valence-electron chi connectivity index (χ3n) is 3.60. The maximum absolute atomic E-state index is 11.6. The fourth-order valence-electron chi connectivity index (χ4n) is 2.17. The van der Waals surface area contributed by atoms with E-state index in [9.17, 15) is 4.79 Å². The lowest BCUT2D eigenvalue weighted by molar-refractivity contribution is 0.0526. The van der Waals surface area contributed by atoms with E-state index in [2.05, 4.69) is 12.2 Å². The number of rotatable bonds is 6. The van der Waals surface area contributed by atoms with E-state index >= 15 is 0 Å². The molecule has 0 radical (unpaired) electrons. The molecule has 0 bridgehead atoms. The van der Waals surface area contributed by atoms with Gasteiger partial charge in [-0.1, -0.05) is 6.92 Å². The van der Waals surface area contributed by atoms with Gasteiger partial charge in [0.2, 0.25) is 0 Å². The zero-order chi connectivity index (χ0) is 13.8. The van der Waals surface area contributed by atoms with Crippen LogP contribution in [0.5, 0.6) is 0 Å². The molecule has 2 rings (SSSR count). The van der Waals surface area contributed by atoms with E-state index in [1.807, 2.05) is 6.07 Å². The number of nitrogens with one attached hydrogen (secondary N) is 1. The summed E-state index contributed by atoms with van der Waals surface area (Å²) in [5.74, 6) is 1.21. The number of carbonyl (C=O) groups excluding carboxylic acids is 1. The zero-order valence-corrected chi connectivity index (χ0v) is 11.6. The van der Waals surface area contributed by atoms with Crippen LogP contribution in [0.25, 0.3) is 0 Å². The second-order valence-electron chi connectivity index (χ2n) is 5.22. The molecule has 1 atom stereocenters.